The lowest BCUT2D eigenvalue weighted by atomic mass is 9.88. The van der Waals surface area contributed by atoms with E-state index in [4.69, 9.17) is 5.73 Å². The fourth-order valence-electron chi connectivity index (χ4n) is 1.37. The number of nitrogens with zero attached hydrogens (tertiary/aromatic N) is 4. The molecule has 0 bridgehead atoms. The Hall–Kier alpha value is -1.17. The Morgan fingerprint density at radius 1 is 1.47 bits per heavy atom. The van der Waals surface area contributed by atoms with Gasteiger partial charge in [-0.15, -0.1) is 0 Å². The van der Waals surface area contributed by atoms with Crippen LogP contribution in [0.1, 0.15) is 26.7 Å². The van der Waals surface area contributed by atoms with Crippen LogP contribution >= 0.6 is 0 Å². The zero-order valence-corrected chi connectivity index (χ0v) is 9.69. The van der Waals surface area contributed by atoms with E-state index in [1.165, 1.54) is 0 Å². The Labute approximate surface area is 90.2 Å². The third-order valence-electron chi connectivity index (χ3n) is 2.40. The van der Waals surface area contributed by atoms with Crippen LogP contribution in [0.4, 0.5) is 5.95 Å². The fourth-order valence-corrected chi connectivity index (χ4v) is 1.37. The second kappa shape index (κ2) is 5.06. The van der Waals surface area contributed by atoms with Gasteiger partial charge in [-0.25, -0.2) is 4.68 Å². The van der Waals surface area contributed by atoms with Crippen LogP contribution in [0.15, 0.2) is 0 Å². The second-order valence-corrected chi connectivity index (χ2v) is 4.54. The minimum Gasteiger partial charge on any atom is -0.353 e. The molecule has 0 saturated carbocycles. The summed E-state index contributed by atoms with van der Waals surface area (Å²) in [6, 6.07) is 0. The minimum absolute atomic E-state index is 0.214. The molecule has 0 amide bonds. The van der Waals surface area contributed by atoms with E-state index in [-0.39, 0.29) is 5.41 Å². The largest absolute Gasteiger partial charge is 0.353 e. The van der Waals surface area contributed by atoms with E-state index in [1.54, 1.807) is 4.68 Å². The molecule has 1 rings (SSSR count). The number of hydrogen-bond donors (Lipinski definition) is 2. The van der Waals surface area contributed by atoms with Crippen LogP contribution in [0.3, 0.4) is 0 Å². The zero-order valence-electron chi connectivity index (χ0n) is 9.69. The van der Waals surface area contributed by atoms with Crippen molar-refractivity contribution < 1.29 is 0 Å². The third-order valence-corrected chi connectivity index (χ3v) is 2.40. The summed E-state index contributed by atoms with van der Waals surface area (Å²) in [5.41, 5.74) is 5.71. The normalized spacial score (nSPS) is 11.7. The average molecular weight is 212 g/mol. The topological polar surface area (TPSA) is 81.7 Å². The second-order valence-electron chi connectivity index (χ2n) is 4.54. The van der Waals surface area contributed by atoms with Gasteiger partial charge in [0.15, 0.2) is 0 Å². The Balaban J connectivity index is 2.39. The molecule has 6 nitrogen and oxygen atoms in total. The van der Waals surface area contributed by atoms with E-state index in [0.29, 0.717) is 5.95 Å². The van der Waals surface area contributed by atoms with E-state index in [0.717, 1.165) is 25.9 Å². The number of nitrogens with two attached hydrogens (primary N) is 1. The van der Waals surface area contributed by atoms with Crippen LogP contribution in [-0.2, 0) is 7.05 Å². The van der Waals surface area contributed by atoms with Crippen molar-refractivity contribution in [1.29, 1.82) is 0 Å². The number of tetrazole rings is 1. The molecule has 15 heavy (non-hydrogen) atoms. The minimum atomic E-state index is 0.214. The summed E-state index contributed by atoms with van der Waals surface area (Å²) in [7, 11) is 1.81. The number of hydrogen-bond acceptors (Lipinski definition) is 5. The monoisotopic (exact) mass is 212 g/mol. The third kappa shape index (κ3) is 3.83. The quantitative estimate of drug-likeness (QED) is 0.712. The first-order chi connectivity index (χ1) is 7.05. The molecule has 3 N–H and O–H groups in total. The Kier molecular flexibility index (Phi) is 4.02. The maximum absolute atomic E-state index is 5.49. The van der Waals surface area contributed by atoms with Gasteiger partial charge in [-0.05, 0) is 35.2 Å². The molecule has 1 aromatic rings. The van der Waals surface area contributed by atoms with Gasteiger partial charge in [-0.3, -0.25) is 0 Å². The van der Waals surface area contributed by atoms with Crippen molar-refractivity contribution in [3.05, 3.63) is 0 Å². The van der Waals surface area contributed by atoms with Crippen LogP contribution in [0.25, 0.3) is 0 Å². The van der Waals surface area contributed by atoms with Crippen LogP contribution in [0.2, 0.25) is 0 Å². The molecule has 0 aromatic carbocycles. The van der Waals surface area contributed by atoms with Crippen molar-refractivity contribution in [2.75, 3.05) is 18.4 Å². The van der Waals surface area contributed by atoms with E-state index >= 15 is 0 Å². The molecule has 1 aromatic heterocycles. The summed E-state index contributed by atoms with van der Waals surface area (Å²) in [6.45, 7) is 6.01. The summed E-state index contributed by atoms with van der Waals surface area (Å²) in [5, 5.41) is 14.4. The van der Waals surface area contributed by atoms with Crippen LogP contribution < -0.4 is 11.1 Å². The molecule has 6 heteroatoms. The van der Waals surface area contributed by atoms with Crippen LogP contribution in [-0.4, -0.2) is 33.3 Å². The van der Waals surface area contributed by atoms with Gasteiger partial charge in [0, 0.05) is 13.6 Å². The maximum atomic E-state index is 5.49. The van der Waals surface area contributed by atoms with Crippen molar-refractivity contribution in [2.45, 2.75) is 26.7 Å². The highest BCUT2D eigenvalue weighted by Gasteiger charge is 2.17. The highest BCUT2D eigenvalue weighted by atomic mass is 15.6. The lowest BCUT2D eigenvalue weighted by molar-refractivity contribution is 0.349. The van der Waals surface area contributed by atoms with E-state index < -0.39 is 0 Å². The molecule has 0 aliphatic carbocycles. The SMILES string of the molecule is Cn1nnnc1NCC(C)(C)CCCN. The van der Waals surface area contributed by atoms with Crippen molar-refractivity contribution in [1.82, 2.24) is 20.2 Å². The molecular formula is C9H20N6. The number of rotatable bonds is 6. The molecule has 0 unspecified atom stereocenters. The van der Waals surface area contributed by atoms with Gasteiger partial charge < -0.3 is 11.1 Å². The van der Waals surface area contributed by atoms with Gasteiger partial charge in [-0.1, -0.05) is 18.9 Å². The highest BCUT2D eigenvalue weighted by Crippen LogP contribution is 2.21. The molecule has 1 heterocycles. The summed E-state index contributed by atoms with van der Waals surface area (Å²) in [5.74, 6) is 0.704. The predicted molar refractivity (Wildman–Crippen MR) is 59.4 cm³/mol. The van der Waals surface area contributed by atoms with Crippen LogP contribution in [0, 0.1) is 5.41 Å². The molecule has 0 atom stereocenters. The number of aromatic nitrogens is 4. The zero-order chi connectivity index (χ0) is 11.3. The predicted octanol–water partition coefficient (Wildman–Crippen LogP) is 0.387. The molecule has 0 saturated heterocycles. The summed E-state index contributed by atoms with van der Waals surface area (Å²) in [6.07, 6.45) is 2.15. The summed E-state index contributed by atoms with van der Waals surface area (Å²) >= 11 is 0. The average Bonchev–Trinajstić information content (AvgIpc) is 2.58. The van der Waals surface area contributed by atoms with E-state index in [9.17, 15) is 0 Å². The van der Waals surface area contributed by atoms with Crippen molar-refractivity contribution in [3.63, 3.8) is 0 Å². The molecule has 0 fully saturated rings. The first-order valence-corrected chi connectivity index (χ1v) is 5.21. The maximum Gasteiger partial charge on any atom is 0.242 e. The first-order valence-electron chi connectivity index (χ1n) is 5.21. The molecule has 0 aliphatic rings. The van der Waals surface area contributed by atoms with Crippen molar-refractivity contribution in [3.8, 4) is 0 Å². The Morgan fingerprint density at radius 2 is 2.20 bits per heavy atom. The summed E-state index contributed by atoms with van der Waals surface area (Å²) in [4.78, 5) is 0. The van der Waals surface area contributed by atoms with Gasteiger partial charge in [0.1, 0.15) is 0 Å². The lowest BCUT2D eigenvalue weighted by Gasteiger charge is -2.24. The van der Waals surface area contributed by atoms with Gasteiger partial charge in [0.05, 0.1) is 0 Å². The van der Waals surface area contributed by atoms with Crippen molar-refractivity contribution in [2.24, 2.45) is 18.2 Å². The van der Waals surface area contributed by atoms with Crippen LogP contribution in [0.5, 0.6) is 0 Å². The van der Waals surface area contributed by atoms with Crippen molar-refractivity contribution >= 4 is 5.95 Å². The molecule has 0 spiro atoms. The van der Waals surface area contributed by atoms with Gasteiger partial charge >= 0.3 is 0 Å². The molecular weight excluding hydrogens is 192 g/mol. The number of aryl methyl sites for hydroxylation is 1. The van der Waals surface area contributed by atoms with Gasteiger partial charge in [0.2, 0.25) is 5.95 Å². The smallest absolute Gasteiger partial charge is 0.242 e. The first kappa shape index (κ1) is 11.9. The lowest BCUT2D eigenvalue weighted by Crippen LogP contribution is -2.25. The fraction of sp³-hybridized carbons (Fsp3) is 0.889. The molecule has 0 radical (unpaired) electrons. The van der Waals surface area contributed by atoms with Gasteiger partial charge in [0.25, 0.3) is 0 Å². The number of nitrogens with one attached hydrogen (secondary N) is 1. The van der Waals surface area contributed by atoms with Gasteiger partial charge in [-0.2, -0.15) is 0 Å². The van der Waals surface area contributed by atoms with E-state index in [2.05, 4.69) is 34.7 Å². The molecule has 0 aliphatic heterocycles. The Bertz CT molecular complexity index is 293. The van der Waals surface area contributed by atoms with E-state index in [1.807, 2.05) is 7.05 Å². The molecule has 86 valence electrons. The standard InChI is InChI=1S/C9H20N6/c1-9(2,5-4-6-10)7-11-8-12-13-14-15(8)3/h4-7,10H2,1-3H3,(H,11,12,14). The highest BCUT2D eigenvalue weighted by molar-refractivity contribution is 5.21. The Morgan fingerprint density at radius 3 is 2.73 bits per heavy atom. The summed E-state index contributed by atoms with van der Waals surface area (Å²) < 4.78 is 1.62. The number of anilines is 1.